The maximum Gasteiger partial charge on any atom is 0.0713 e. The standard InChI is InChI=1S/C69H57N/c1-66(2)44-67(3,4)64-43-62-58(42-63(64)66)56-37-32-48(40-61(56)68(62,5)6)47-31-36-54-49(39-47)21-18-28-65(54)70(52-33-29-46(30-34-52)45-19-10-7-11-20-45)53-35-38-60-57(41-53)55-26-16-17-27-59(55)69(60,50-22-12-8-13-23-50)51-24-14-9-15-25-51/h7-43H,44H2,1-6H3. The minimum absolute atomic E-state index is 0.0999. The Morgan fingerprint density at radius 3 is 1.57 bits per heavy atom. The molecule has 0 saturated carbocycles. The molecule has 0 saturated heterocycles. The Kier molecular flexibility index (Phi) is 9.31. The Labute approximate surface area is 413 Å². The third-order valence-electron chi connectivity index (χ3n) is 16.5. The van der Waals surface area contributed by atoms with Crippen LogP contribution in [0.5, 0.6) is 0 Å². The van der Waals surface area contributed by atoms with Crippen LogP contribution in [0.4, 0.5) is 17.1 Å². The molecule has 0 N–H and O–H groups in total. The van der Waals surface area contributed by atoms with Crippen molar-refractivity contribution < 1.29 is 0 Å². The quantitative estimate of drug-likeness (QED) is 0.154. The first-order valence-electron chi connectivity index (χ1n) is 25.1. The number of nitrogens with zero attached hydrogens (tertiary/aromatic N) is 1. The molecule has 70 heavy (non-hydrogen) atoms. The van der Waals surface area contributed by atoms with Crippen LogP contribution in [0.3, 0.4) is 0 Å². The monoisotopic (exact) mass is 899 g/mol. The normalized spacial score (nSPS) is 16.0. The fourth-order valence-electron chi connectivity index (χ4n) is 13.5. The summed E-state index contributed by atoms with van der Waals surface area (Å²) in [6.07, 6.45) is 1.18. The van der Waals surface area contributed by atoms with E-state index in [1.807, 2.05) is 0 Å². The molecule has 10 aromatic carbocycles. The fraction of sp³-hybridized carbons (Fsp3) is 0.159. The minimum Gasteiger partial charge on any atom is -0.310 e. The van der Waals surface area contributed by atoms with Crippen molar-refractivity contribution in [1.29, 1.82) is 0 Å². The van der Waals surface area contributed by atoms with Crippen LogP contribution in [0, 0.1) is 0 Å². The molecule has 1 heteroatoms. The number of hydrogen-bond donors (Lipinski definition) is 0. The van der Waals surface area contributed by atoms with E-state index < -0.39 is 5.41 Å². The molecular weight excluding hydrogens is 843 g/mol. The third kappa shape index (κ3) is 6.23. The van der Waals surface area contributed by atoms with Gasteiger partial charge in [0.15, 0.2) is 0 Å². The largest absolute Gasteiger partial charge is 0.310 e. The van der Waals surface area contributed by atoms with E-state index in [1.165, 1.54) is 106 Å². The summed E-state index contributed by atoms with van der Waals surface area (Å²) in [5.41, 5.74) is 24.4. The second-order valence-corrected chi connectivity index (χ2v) is 22.0. The van der Waals surface area contributed by atoms with Crippen LogP contribution in [-0.4, -0.2) is 0 Å². The molecule has 0 fully saturated rings. The molecule has 338 valence electrons. The Hall–Kier alpha value is -7.74. The van der Waals surface area contributed by atoms with Crippen LogP contribution in [0.25, 0.3) is 55.3 Å². The summed E-state index contributed by atoms with van der Waals surface area (Å²) in [6, 6.07) is 84.4. The first kappa shape index (κ1) is 42.4. The van der Waals surface area contributed by atoms with Crippen molar-refractivity contribution in [3.63, 3.8) is 0 Å². The highest BCUT2D eigenvalue weighted by Crippen LogP contribution is 2.59. The van der Waals surface area contributed by atoms with E-state index in [1.54, 1.807) is 0 Å². The molecule has 3 aliphatic rings. The molecule has 0 spiro atoms. The Balaban J connectivity index is 0.951. The van der Waals surface area contributed by atoms with Crippen molar-refractivity contribution in [2.75, 3.05) is 4.90 Å². The van der Waals surface area contributed by atoms with Gasteiger partial charge in [0.05, 0.1) is 11.1 Å². The highest BCUT2D eigenvalue weighted by Gasteiger charge is 2.47. The highest BCUT2D eigenvalue weighted by atomic mass is 15.1. The van der Waals surface area contributed by atoms with Gasteiger partial charge in [0.25, 0.3) is 0 Å². The number of rotatable bonds is 7. The molecule has 10 aromatic rings. The molecule has 0 aliphatic heterocycles. The van der Waals surface area contributed by atoms with Crippen molar-refractivity contribution >= 4 is 27.8 Å². The summed E-state index contributed by atoms with van der Waals surface area (Å²) in [5.74, 6) is 0. The van der Waals surface area contributed by atoms with E-state index in [9.17, 15) is 0 Å². The average Bonchev–Trinajstić information content (AvgIpc) is 3.89. The maximum atomic E-state index is 2.57. The van der Waals surface area contributed by atoms with E-state index in [2.05, 4.69) is 271 Å². The number of anilines is 3. The van der Waals surface area contributed by atoms with Crippen LogP contribution in [0.1, 0.15) is 92.5 Å². The maximum absolute atomic E-state index is 2.57. The molecule has 0 heterocycles. The van der Waals surface area contributed by atoms with Gasteiger partial charge in [-0.05, 0) is 160 Å². The molecule has 0 bridgehead atoms. The van der Waals surface area contributed by atoms with Crippen molar-refractivity contribution in [2.45, 2.75) is 69.6 Å². The number of benzene rings is 10. The lowest BCUT2D eigenvalue weighted by molar-refractivity contribution is 0.403. The van der Waals surface area contributed by atoms with Gasteiger partial charge in [-0.2, -0.15) is 0 Å². The van der Waals surface area contributed by atoms with E-state index in [-0.39, 0.29) is 16.2 Å². The Morgan fingerprint density at radius 1 is 0.329 bits per heavy atom. The lowest BCUT2D eigenvalue weighted by atomic mass is 9.68. The minimum atomic E-state index is -0.464. The van der Waals surface area contributed by atoms with Gasteiger partial charge in [0.1, 0.15) is 0 Å². The average molecular weight is 900 g/mol. The number of fused-ring (bicyclic) bond motifs is 8. The first-order chi connectivity index (χ1) is 33.9. The van der Waals surface area contributed by atoms with Crippen molar-refractivity contribution in [1.82, 2.24) is 0 Å². The SMILES string of the molecule is CC1(C)CC(C)(C)c2cc3c(cc21)-c1ccc(-c2ccc4c(N(c5ccc(-c6ccccc6)cc5)c5ccc6c(c5)-c5ccccc5C6(c5ccccc5)c5ccccc5)cccc4c2)cc1C3(C)C. The summed E-state index contributed by atoms with van der Waals surface area (Å²) in [4.78, 5) is 2.47. The van der Waals surface area contributed by atoms with Crippen LogP contribution in [-0.2, 0) is 21.7 Å². The molecule has 0 amide bonds. The Morgan fingerprint density at radius 2 is 0.857 bits per heavy atom. The molecule has 0 aromatic heterocycles. The van der Waals surface area contributed by atoms with Crippen molar-refractivity contribution in [3.8, 4) is 44.5 Å². The van der Waals surface area contributed by atoms with Crippen LogP contribution >= 0.6 is 0 Å². The molecule has 1 nitrogen and oxygen atoms in total. The summed E-state index contributed by atoms with van der Waals surface area (Å²) >= 11 is 0. The van der Waals surface area contributed by atoms with E-state index >= 15 is 0 Å². The van der Waals surface area contributed by atoms with E-state index in [4.69, 9.17) is 0 Å². The lowest BCUT2D eigenvalue weighted by Gasteiger charge is -2.34. The van der Waals surface area contributed by atoms with Crippen LogP contribution in [0.2, 0.25) is 0 Å². The predicted octanol–water partition coefficient (Wildman–Crippen LogP) is 18.3. The third-order valence-corrected chi connectivity index (χ3v) is 16.5. The van der Waals surface area contributed by atoms with Gasteiger partial charge >= 0.3 is 0 Å². The second-order valence-electron chi connectivity index (χ2n) is 22.0. The van der Waals surface area contributed by atoms with Gasteiger partial charge in [0, 0.05) is 22.2 Å². The van der Waals surface area contributed by atoms with Gasteiger partial charge in [-0.15, -0.1) is 0 Å². The molecule has 0 radical (unpaired) electrons. The van der Waals surface area contributed by atoms with Gasteiger partial charge < -0.3 is 4.90 Å². The predicted molar refractivity (Wildman–Crippen MR) is 295 cm³/mol. The van der Waals surface area contributed by atoms with Gasteiger partial charge in [-0.25, -0.2) is 0 Å². The van der Waals surface area contributed by atoms with Crippen LogP contribution < -0.4 is 4.90 Å². The van der Waals surface area contributed by atoms with Gasteiger partial charge in [0.2, 0.25) is 0 Å². The molecule has 3 aliphatic carbocycles. The number of hydrogen-bond acceptors (Lipinski definition) is 1. The lowest BCUT2D eigenvalue weighted by Crippen LogP contribution is -2.28. The smallest absolute Gasteiger partial charge is 0.0713 e. The zero-order valence-corrected chi connectivity index (χ0v) is 41.0. The summed E-state index contributed by atoms with van der Waals surface area (Å²) < 4.78 is 0. The Bertz CT molecular complexity index is 3650. The first-order valence-corrected chi connectivity index (χ1v) is 25.1. The molecule has 0 atom stereocenters. The summed E-state index contributed by atoms with van der Waals surface area (Å²) in [7, 11) is 0. The fourth-order valence-corrected chi connectivity index (χ4v) is 13.5. The van der Waals surface area contributed by atoms with Crippen molar-refractivity contribution in [2.24, 2.45) is 0 Å². The molecule has 0 unspecified atom stereocenters. The van der Waals surface area contributed by atoms with Crippen molar-refractivity contribution in [3.05, 3.63) is 269 Å². The zero-order valence-electron chi connectivity index (χ0n) is 41.0. The highest BCUT2D eigenvalue weighted by molar-refractivity contribution is 6.02. The second kappa shape index (κ2) is 15.4. The topological polar surface area (TPSA) is 3.24 Å². The van der Waals surface area contributed by atoms with Crippen LogP contribution in [0.15, 0.2) is 224 Å². The zero-order chi connectivity index (χ0) is 47.6. The molecular formula is C69H57N. The van der Waals surface area contributed by atoms with E-state index in [0.717, 1.165) is 17.1 Å². The van der Waals surface area contributed by atoms with Gasteiger partial charge in [-0.1, -0.05) is 217 Å². The van der Waals surface area contributed by atoms with Gasteiger partial charge in [-0.3, -0.25) is 0 Å². The summed E-state index contributed by atoms with van der Waals surface area (Å²) in [6.45, 7) is 14.6. The summed E-state index contributed by atoms with van der Waals surface area (Å²) in [5, 5.41) is 2.42. The molecule has 13 rings (SSSR count). The van der Waals surface area contributed by atoms with E-state index in [0.29, 0.717) is 0 Å².